The van der Waals surface area contributed by atoms with Gasteiger partial charge < -0.3 is 49.6 Å². The second-order valence-corrected chi connectivity index (χ2v) is 21.6. The number of aromatic nitrogens is 2. The molecule has 4 N–H and O–H groups in total. The van der Waals surface area contributed by atoms with Gasteiger partial charge in [0.15, 0.2) is 11.4 Å². The Kier molecular flexibility index (Phi) is 17.1. The van der Waals surface area contributed by atoms with E-state index in [9.17, 15) is 28.8 Å². The highest BCUT2D eigenvalue weighted by Crippen LogP contribution is 2.41. The molecule has 4 heterocycles. The van der Waals surface area contributed by atoms with Crippen LogP contribution in [0.25, 0.3) is 0 Å². The molecule has 72 heavy (non-hydrogen) atoms. The van der Waals surface area contributed by atoms with E-state index in [0.717, 1.165) is 74.0 Å². The minimum atomic E-state index is -0.686. The number of likely N-dealkylation sites (tertiary alicyclic amines) is 2. The number of carbonyl (C=O) groups is 6. The zero-order chi connectivity index (χ0) is 51.7. The number of piperidine rings is 2. The Morgan fingerprint density at radius 2 is 0.861 bits per heavy atom. The molecule has 0 radical (unpaired) electrons. The van der Waals surface area contributed by atoms with Crippen LogP contribution in [0.3, 0.4) is 0 Å². The molecule has 2 aromatic heterocycles. The molecule has 18 heteroatoms. The summed E-state index contributed by atoms with van der Waals surface area (Å²) in [6.45, 7) is 16.2. The van der Waals surface area contributed by atoms with Gasteiger partial charge >= 0.3 is 12.2 Å². The van der Waals surface area contributed by atoms with E-state index < -0.39 is 35.5 Å². The topological polar surface area (TPSA) is 228 Å². The Balaban J connectivity index is 0.000000211. The lowest BCUT2D eigenvalue weighted by Gasteiger charge is -2.37. The minimum absolute atomic E-state index is 0.143. The summed E-state index contributed by atoms with van der Waals surface area (Å²) in [5.74, 6) is 1.81. The smallest absolute Gasteiger partial charge is 0.408 e. The molecule has 388 valence electrons. The van der Waals surface area contributed by atoms with Crippen molar-refractivity contribution < 1.29 is 47.3 Å². The molecule has 0 bridgehead atoms. The number of nitrogens with one attached hydrogen (secondary N) is 4. The molecule has 2 saturated carbocycles. The van der Waals surface area contributed by atoms with E-state index in [0.29, 0.717) is 49.4 Å². The van der Waals surface area contributed by atoms with Crippen LogP contribution in [-0.2, 0) is 19.1 Å². The number of carbonyl (C=O) groups excluding carboxylic acids is 6. The number of alkyl carbamates (subject to hydrolysis) is 2. The zero-order valence-electron chi connectivity index (χ0n) is 42.9. The molecule has 2 aromatic carbocycles. The maximum Gasteiger partial charge on any atom is 0.408 e. The van der Waals surface area contributed by atoms with Crippen LogP contribution in [-0.4, -0.2) is 105 Å². The molecule has 4 atom stereocenters. The third kappa shape index (κ3) is 15.2. The predicted molar refractivity (Wildman–Crippen MR) is 267 cm³/mol. The van der Waals surface area contributed by atoms with E-state index in [1.807, 2.05) is 60.7 Å². The number of amides is 6. The van der Waals surface area contributed by atoms with Crippen LogP contribution >= 0.6 is 0 Å². The fraction of sp³-hybridized carbons (Fsp3) is 0.556. The lowest BCUT2D eigenvalue weighted by molar-refractivity contribution is -0.135. The maximum atomic E-state index is 13.0. The summed E-state index contributed by atoms with van der Waals surface area (Å²) in [4.78, 5) is 79.6. The standard InChI is InChI=1S/2C27H36N4O5/c2*1-17(28-26(34)35-27(2,3)4)25(33)31-14-12-20(13-15-31)23(19-8-6-5-7-9-19)29-24(32)21-16-22(36-30-21)18-10-11-18/h2*5-9,16-18,20,23H,10-15H2,1-4H3,(H,28,34)(H,29,32)/t17-,23+;17-,23-/m00/s1. The first kappa shape index (κ1) is 53.1. The van der Waals surface area contributed by atoms with Gasteiger partial charge in [-0.15, -0.1) is 0 Å². The van der Waals surface area contributed by atoms with Crippen molar-refractivity contribution in [3.63, 3.8) is 0 Å². The maximum absolute atomic E-state index is 13.0. The van der Waals surface area contributed by atoms with Crippen molar-refractivity contribution in [1.29, 1.82) is 0 Å². The molecule has 2 aliphatic carbocycles. The number of hydrogen-bond donors (Lipinski definition) is 4. The molecule has 0 unspecified atom stereocenters. The molecular weight excluding hydrogens is 921 g/mol. The number of benzene rings is 2. The van der Waals surface area contributed by atoms with Crippen molar-refractivity contribution in [3.05, 3.63) is 107 Å². The van der Waals surface area contributed by atoms with Crippen LogP contribution in [0.2, 0.25) is 0 Å². The van der Waals surface area contributed by atoms with Crippen molar-refractivity contribution in [2.24, 2.45) is 11.8 Å². The molecule has 0 spiro atoms. The first-order valence-corrected chi connectivity index (χ1v) is 25.4. The summed E-state index contributed by atoms with van der Waals surface area (Å²) in [5, 5.41) is 19.6. The summed E-state index contributed by atoms with van der Waals surface area (Å²) >= 11 is 0. The highest BCUT2D eigenvalue weighted by atomic mass is 16.6. The fourth-order valence-electron chi connectivity index (χ4n) is 9.16. The number of nitrogens with zero attached hydrogens (tertiary/aromatic N) is 4. The van der Waals surface area contributed by atoms with Crippen LogP contribution < -0.4 is 21.3 Å². The van der Waals surface area contributed by atoms with E-state index in [1.54, 1.807) is 77.3 Å². The van der Waals surface area contributed by atoms with Crippen molar-refractivity contribution in [1.82, 2.24) is 41.4 Å². The van der Waals surface area contributed by atoms with Crippen LogP contribution in [0, 0.1) is 11.8 Å². The SMILES string of the molecule is C[C@H](NC(=O)OC(C)(C)C)C(=O)N1CCC([C@@H](NC(=O)c2cc(C3CC3)on2)c2ccccc2)CC1.C[C@H](NC(=O)OC(C)(C)C)C(=O)N1CCC([C@H](NC(=O)c2cc(C3CC3)on2)c2ccccc2)CC1. The Morgan fingerprint density at radius 3 is 1.17 bits per heavy atom. The van der Waals surface area contributed by atoms with Gasteiger partial charge in [-0.3, -0.25) is 19.2 Å². The van der Waals surface area contributed by atoms with Gasteiger partial charge in [-0.25, -0.2) is 9.59 Å². The van der Waals surface area contributed by atoms with Gasteiger partial charge in [-0.1, -0.05) is 71.0 Å². The Labute approximate surface area is 422 Å². The first-order chi connectivity index (χ1) is 34.2. The van der Waals surface area contributed by atoms with Gasteiger partial charge in [0.25, 0.3) is 11.8 Å². The summed E-state index contributed by atoms with van der Waals surface area (Å²) in [7, 11) is 0. The molecule has 4 fully saturated rings. The average molecular weight is 993 g/mol. The summed E-state index contributed by atoms with van der Waals surface area (Å²) in [6.07, 6.45) is 5.96. The largest absolute Gasteiger partial charge is 0.444 e. The molecule has 6 amide bonds. The quantitative estimate of drug-likeness (QED) is 0.0935. The van der Waals surface area contributed by atoms with E-state index in [4.69, 9.17) is 18.5 Å². The van der Waals surface area contributed by atoms with Gasteiger partial charge in [-0.05, 0) is 130 Å². The van der Waals surface area contributed by atoms with E-state index in [-0.39, 0.29) is 47.5 Å². The number of ether oxygens (including phenoxy) is 2. The third-order valence-electron chi connectivity index (χ3n) is 13.2. The predicted octanol–water partition coefficient (Wildman–Crippen LogP) is 8.35. The van der Waals surface area contributed by atoms with E-state index >= 15 is 0 Å². The van der Waals surface area contributed by atoms with Gasteiger partial charge in [0.05, 0.1) is 12.1 Å². The minimum Gasteiger partial charge on any atom is -0.444 e. The average Bonchev–Trinajstić information content (AvgIpc) is 4.28. The lowest BCUT2D eigenvalue weighted by atomic mass is 9.85. The summed E-state index contributed by atoms with van der Waals surface area (Å²) in [6, 6.07) is 21.4. The Morgan fingerprint density at radius 1 is 0.528 bits per heavy atom. The van der Waals surface area contributed by atoms with Crippen molar-refractivity contribution in [3.8, 4) is 0 Å². The third-order valence-corrected chi connectivity index (χ3v) is 13.2. The molecule has 2 saturated heterocycles. The van der Waals surface area contributed by atoms with Gasteiger partial charge in [0, 0.05) is 50.1 Å². The lowest BCUT2D eigenvalue weighted by Crippen LogP contribution is -2.51. The van der Waals surface area contributed by atoms with Crippen molar-refractivity contribution in [2.45, 2.75) is 154 Å². The summed E-state index contributed by atoms with van der Waals surface area (Å²) in [5.41, 5.74) is 1.36. The van der Waals surface area contributed by atoms with E-state index in [1.165, 1.54) is 0 Å². The molecule has 8 rings (SSSR count). The van der Waals surface area contributed by atoms with Crippen LogP contribution in [0.5, 0.6) is 0 Å². The fourth-order valence-corrected chi connectivity index (χ4v) is 9.16. The zero-order valence-corrected chi connectivity index (χ0v) is 42.9. The molecule has 4 aromatic rings. The highest BCUT2D eigenvalue weighted by Gasteiger charge is 2.37. The monoisotopic (exact) mass is 993 g/mol. The van der Waals surface area contributed by atoms with Crippen molar-refractivity contribution in [2.75, 3.05) is 26.2 Å². The Bertz CT molecular complexity index is 2300. The summed E-state index contributed by atoms with van der Waals surface area (Å²) < 4.78 is 21.3. The van der Waals surface area contributed by atoms with Crippen molar-refractivity contribution >= 4 is 35.8 Å². The Hall–Kier alpha value is -6.72. The molecule has 2 aliphatic heterocycles. The van der Waals surface area contributed by atoms with Crippen LogP contribution in [0.15, 0.2) is 81.8 Å². The molecule has 4 aliphatic rings. The second-order valence-electron chi connectivity index (χ2n) is 21.6. The molecular formula is C54H72N8O10. The van der Waals surface area contributed by atoms with Gasteiger partial charge in [-0.2, -0.15) is 0 Å². The first-order valence-electron chi connectivity index (χ1n) is 25.4. The number of hydrogen-bond acceptors (Lipinski definition) is 12. The molecule has 18 nitrogen and oxygen atoms in total. The second kappa shape index (κ2) is 23.2. The van der Waals surface area contributed by atoms with Gasteiger partial charge in [0.1, 0.15) is 34.8 Å². The van der Waals surface area contributed by atoms with E-state index in [2.05, 4.69) is 31.6 Å². The van der Waals surface area contributed by atoms with Gasteiger partial charge in [0.2, 0.25) is 11.8 Å². The van der Waals surface area contributed by atoms with Crippen LogP contribution in [0.1, 0.15) is 174 Å². The highest BCUT2D eigenvalue weighted by molar-refractivity contribution is 5.93. The number of rotatable bonds is 14. The normalized spacial score (nSPS) is 18.3. The van der Waals surface area contributed by atoms with Crippen LogP contribution in [0.4, 0.5) is 9.59 Å².